The maximum absolute atomic E-state index is 10.2. The molecule has 0 fully saturated rings. The SMILES string of the molecule is NNS(=O)(=O)NC(N)=O. The highest BCUT2D eigenvalue weighted by Crippen LogP contribution is 1.67. The predicted octanol–water partition coefficient (Wildman–Crippen LogP) is -2.64. The van der Waals surface area contributed by atoms with Crippen molar-refractivity contribution in [2.45, 2.75) is 0 Å². The van der Waals surface area contributed by atoms with Gasteiger partial charge < -0.3 is 5.73 Å². The molecule has 0 rings (SSSR count). The van der Waals surface area contributed by atoms with Gasteiger partial charge in [-0.15, -0.1) is 4.83 Å². The van der Waals surface area contributed by atoms with Crippen LogP contribution in [0.1, 0.15) is 0 Å². The monoisotopic (exact) mass is 154 g/mol. The van der Waals surface area contributed by atoms with Crippen LogP contribution >= 0.6 is 0 Å². The van der Waals surface area contributed by atoms with E-state index in [0.717, 1.165) is 0 Å². The van der Waals surface area contributed by atoms with E-state index in [9.17, 15) is 13.2 Å². The standard InChI is InChI=1S/CH6N4O3S/c2-1(6)4-9(7,8)5-3/h5H,3H2,(H3,2,4,6). The molecule has 0 aliphatic carbocycles. The second kappa shape index (κ2) is 2.62. The van der Waals surface area contributed by atoms with E-state index >= 15 is 0 Å². The van der Waals surface area contributed by atoms with Crippen LogP contribution in [0.4, 0.5) is 4.79 Å². The number of urea groups is 1. The van der Waals surface area contributed by atoms with Gasteiger partial charge in [-0.2, -0.15) is 8.42 Å². The number of carbonyl (C=O) groups excluding carboxylic acids is 1. The minimum Gasteiger partial charge on any atom is -0.351 e. The molecule has 7 nitrogen and oxygen atoms in total. The van der Waals surface area contributed by atoms with Gasteiger partial charge in [-0.05, 0) is 0 Å². The largest absolute Gasteiger partial charge is 0.351 e. The van der Waals surface area contributed by atoms with Crippen molar-refractivity contribution in [3.63, 3.8) is 0 Å². The van der Waals surface area contributed by atoms with Crippen molar-refractivity contribution >= 4 is 16.2 Å². The number of hydrogen-bond donors (Lipinski definition) is 4. The molecule has 6 N–H and O–H groups in total. The molecular formula is CH6N4O3S. The molecule has 0 aliphatic heterocycles. The number of rotatable bonds is 2. The van der Waals surface area contributed by atoms with E-state index in [1.165, 1.54) is 9.55 Å². The molecule has 0 aromatic carbocycles. The van der Waals surface area contributed by atoms with Crippen LogP contribution in [0.25, 0.3) is 0 Å². The van der Waals surface area contributed by atoms with Crippen molar-refractivity contribution in [3.05, 3.63) is 0 Å². The third-order valence-corrected chi connectivity index (χ3v) is 1.17. The highest BCUT2D eigenvalue weighted by Gasteiger charge is 2.06. The molecular weight excluding hydrogens is 148 g/mol. The minimum absolute atomic E-state index is 1.19. The van der Waals surface area contributed by atoms with Gasteiger partial charge in [-0.3, -0.25) is 5.84 Å². The zero-order valence-corrected chi connectivity index (χ0v) is 5.10. The van der Waals surface area contributed by atoms with E-state index in [-0.39, 0.29) is 0 Å². The molecule has 54 valence electrons. The van der Waals surface area contributed by atoms with Gasteiger partial charge in [-0.1, -0.05) is 0 Å². The van der Waals surface area contributed by atoms with Crippen LogP contribution in [0.2, 0.25) is 0 Å². The summed E-state index contributed by atoms with van der Waals surface area (Å²) in [6.45, 7) is 0. The zero-order valence-electron chi connectivity index (χ0n) is 4.29. The number of hydrazine groups is 1. The van der Waals surface area contributed by atoms with Crippen molar-refractivity contribution < 1.29 is 13.2 Å². The minimum atomic E-state index is -3.92. The summed E-state index contributed by atoms with van der Waals surface area (Å²) >= 11 is 0. The Bertz CT molecular complexity index is 194. The lowest BCUT2D eigenvalue weighted by atomic mass is 11.2. The zero-order chi connectivity index (χ0) is 7.49. The Labute approximate surface area is 51.5 Å². The lowest BCUT2D eigenvalue weighted by Gasteiger charge is -1.98. The molecule has 0 radical (unpaired) electrons. The Kier molecular flexibility index (Phi) is 2.37. The quantitative estimate of drug-likeness (QED) is 0.256. The molecule has 9 heavy (non-hydrogen) atoms. The maximum Gasteiger partial charge on any atom is 0.326 e. The highest BCUT2D eigenvalue weighted by molar-refractivity contribution is 7.88. The van der Waals surface area contributed by atoms with E-state index in [1.807, 2.05) is 0 Å². The molecule has 0 saturated carbocycles. The summed E-state index contributed by atoms with van der Waals surface area (Å²) < 4.78 is 21.7. The first-order valence-corrected chi connectivity index (χ1v) is 3.26. The molecule has 0 heterocycles. The number of primary amides is 1. The fourth-order valence-corrected chi connectivity index (χ4v) is 0.486. The molecule has 2 amide bonds. The van der Waals surface area contributed by atoms with Gasteiger partial charge in [0, 0.05) is 0 Å². The summed E-state index contributed by atoms with van der Waals surface area (Å²) in [7, 11) is -3.92. The lowest BCUT2D eigenvalue weighted by molar-refractivity contribution is 0.253. The molecule has 8 heteroatoms. The molecule has 0 atom stereocenters. The summed E-state index contributed by atoms with van der Waals surface area (Å²) in [5.74, 6) is 4.45. The highest BCUT2D eigenvalue weighted by atomic mass is 32.2. The van der Waals surface area contributed by atoms with Crippen LogP contribution in [0.15, 0.2) is 0 Å². The van der Waals surface area contributed by atoms with Crippen molar-refractivity contribution in [1.82, 2.24) is 9.55 Å². The number of hydrogen-bond acceptors (Lipinski definition) is 4. The summed E-state index contributed by atoms with van der Waals surface area (Å²) in [6, 6.07) is -1.19. The van der Waals surface area contributed by atoms with Crippen LogP contribution in [0.5, 0.6) is 0 Å². The second-order valence-corrected chi connectivity index (χ2v) is 2.53. The van der Waals surface area contributed by atoms with Crippen LogP contribution in [0, 0.1) is 0 Å². The first-order chi connectivity index (χ1) is 3.98. The topological polar surface area (TPSA) is 127 Å². The number of amides is 2. The Balaban J connectivity index is 4.06. The molecule has 0 spiro atoms. The van der Waals surface area contributed by atoms with E-state index in [1.54, 1.807) is 0 Å². The van der Waals surface area contributed by atoms with Gasteiger partial charge in [0.25, 0.3) is 0 Å². The average molecular weight is 154 g/mol. The third-order valence-electron chi connectivity index (χ3n) is 0.390. The molecule has 0 bridgehead atoms. The maximum atomic E-state index is 10.2. The van der Waals surface area contributed by atoms with Crippen molar-refractivity contribution in [3.8, 4) is 0 Å². The molecule has 0 saturated heterocycles. The fraction of sp³-hybridized carbons (Fsp3) is 0. The van der Waals surface area contributed by atoms with Gasteiger partial charge in [-0.25, -0.2) is 9.52 Å². The Morgan fingerprint density at radius 3 is 2.00 bits per heavy atom. The van der Waals surface area contributed by atoms with Gasteiger partial charge in [0.1, 0.15) is 0 Å². The summed E-state index contributed by atoms with van der Waals surface area (Å²) in [4.78, 5) is 11.1. The second-order valence-electron chi connectivity index (χ2n) is 1.09. The molecule has 0 aromatic rings. The first kappa shape index (κ1) is 8.14. The molecule has 0 unspecified atom stereocenters. The van der Waals surface area contributed by atoms with E-state index in [2.05, 4.69) is 11.6 Å². The van der Waals surface area contributed by atoms with Gasteiger partial charge in [0.2, 0.25) is 0 Å². The van der Waals surface area contributed by atoms with Crippen molar-refractivity contribution in [1.29, 1.82) is 0 Å². The third kappa shape index (κ3) is 3.70. The number of nitrogens with two attached hydrogens (primary N) is 2. The van der Waals surface area contributed by atoms with Crippen molar-refractivity contribution in [2.75, 3.05) is 0 Å². The van der Waals surface area contributed by atoms with E-state index in [0.29, 0.717) is 0 Å². The molecule has 0 aromatic heterocycles. The van der Waals surface area contributed by atoms with Crippen LogP contribution in [0.3, 0.4) is 0 Å². The summed E-state index contributed by atoms with van der Waals surface area (Å²) in [5.41, 5.74) is 4.43. The predicted molar refractivity (Wildman–Crippen MR) is 29.0 cm³/mol. The summed E-state index contributed by atoms with van der Waals surface area (Å²) in [6.07, 6.45) is 0. The fourth-order valence-electron chi connectivity index (χ4n) is 0.162. The van der Waals surface area contributed by atoms with Gasteiger partial charge in [0.15, 0.2) is 0 Å². The number of carbonyl (C=O) groups is 1. The van der Waals surface area contributed by atoms with Gasteiger partial charge in [0.05, 0.1) is 0 Å². The summed E-state index contributed by atoms with van der Waals surface area (Å²) in [5, 5.41) is 0. The van der Waals surface area contributed by atoms with Crippen LogP contribution in [-0.4, -0.2) is 14.4 Å². The average Bonchev–Trinajstić information content (AvgIpc) is 1.63. The van der Waals surface area contributed by atoms with Crippen LogP contribution in [-0.2, 0) is 10.2 Å². The number of nitrogens with one attached hydrogen (secondary N) is 2. The Morgan fingerprint density at radius 2 is 1.89 bits per heavy atom. The van der Waals surface area contributed by atoms with E-state index < -0.39 is 16.2 Å². The smallest absolute Gasteiger partial charge is 0.326 e. The van der Waals surface area contributed by atoms with Gasteiger partial charge >= 0.3 is 16.2 Å². The van der Waals surface area contributed by atoms with E-state index in [4.69, 9.17) is 0 Å². The van der Waals surface area contributed by atoms with Crippen molar-refractivity contribution in [2.24, 2.45) is 11.6 Å². The Morgan fingerprint density at radius 1 is 1.44 bits per heavy atom. The Hall–Kier alpha value is -0.860. The first-order valence-electron chi connectivity index (χ1n) is 1.77. The van der Waals surface area contributed by atoms with Crippen LogP contribution < -0.4 is 21.1 Å². The normalized spacial score (nSPS) is 10.8. The molecule has 0 aliphatic rings. The lowest BCUT2D eigenvalue weighted by Crippen LogP contribution is -2.45.